The third-order valence-corrected chi connectivity index (χ3v) is 2.66. The minimum Gasteiger partial charge on any atom is -0.377 e. The van der Waals surface area contributed by atoms with Crippen LogP contribution in [0.1, 0.15) is 34.1 Å². The zero-order chi connectivity index (χ0) is 14.1. The van der Waals surface area contributed by atoms with Crippen LogP contribution < -0.4 is 11.1 Å². The van der Waals surface area contributed by atoms with E-state index in [2.05, 4.69) is 10.2 Å². The van der Waals surface area contributed by atoms with E-state index < -0.39 is 0 Å². The number of nitrogens with one attached hydrogen (secondary N) is 1. The van der Waals surface area contributed by atoms with Gasteiger partial charge in [0, 0.05) is 31.6 Å². The van der Waals surface area contributed by atoms with Gasteiger partial charge in [0.05, 0.1) is 12.7 Å². The Bertz CT molecular complexity index is 232. The number of ether oxygens (including phenoxy) is 1. The molecule has 0 saturated carbocycles. The van der Waals surface area contributed by atoms with Gasteiger partial charge < -0.3 is 15.8 Å². The van der Waals surface area contributed by atoms with E-state index in [0.717, 1.165) is 6.54 Å². The van der Waals surface area contributed by atoms with Gasteiger partial charge in [0.1, 0.15) is 0 Å². The number of carbonyl (C=O) groups is 1. The molecule has 0 radical (unpaired) electrons. The topological polar surface area (TPSA) is 67.6 Å². The number of nitrogens with two attached hydrogens (primary N) is 1. The molecule has 5 nitrogen and oxygen atoms in total. The normalized spacial score (nSPS) is 13.4. The highest BCUT2D eigenvalue weighted by molar-refractivity contribution is 5.76. The zero-order valence-electron chi connectivity index (χ0n) is 12.4. The molecule has 0 bridgehead atoms. The van der Waals surface area contributed by atoms with Crippen molar-refractivity contribution in [2.24, 2.45) is 5.73 Å². The van der Waals surface area contributed by atoms with E-state index in [4.69, 9.17) is 10.5 Å². The molecular formula is C13H29N3O2. The Kier molecular flexibility index (Phi) is 8.97. The van der Waals surface area contributed by atoms with Crippen LogP contribution in [0.25, 0.3) is 0 Å². The first kappa shape index (κ1) is 17.4. The highest BCUT2D eigenvalue weighted by atomic mass is 16.5. The molecule has 0 aliphatic heterocycles. The van der Waals surface area contributed by atoms with Crippen LogP contribution in [0.5, 0.6) is 0 Å². The van der Waals surface area contributed by atoms with Crippen molar-refractivity contribution in [1.82, 2.24) is 10.2 Å². The fourth-order valence-electron chi connectivity index (χ4n) is 1.63. The molecule has 1 unspecified atom stereocenters. The largest absolute Gasteiger partial charge is 0.377 e. The number of nitrogens with zero attached hydrogens (tertiary/aromatic N) is 1. The average Bonchev–Trinajstić information content (AvgIpc) is 2.24. The van der Waals surface area contributed by atoms with Crippen LogP contribution >= 0.6 is 0 Å². The molecule has 5 heteroatoms. The van der Waals surface area contributed by atoms with Gasteiger partial charge >= 0.3 is 0 Å². The Morgan fingerprint density at radius 2 is 1.94 bits per heavy atom. The first-order valence-electron chi connectivity index (χ1n) is 6.68. The van der Waals surface area contributed by atoms with Crippen molar-refractivity contribution >= 4 is 5.91 Å². The molecule has 18 heavy (non-hydrogen) atoms. The Morgan fingerprint density at radius 3 is 2.39 bits per heavy atom. The smallest absolute Gasteiger partial charge is 0.221 e. The van der Waals surface area contributed by atoms with E-state index in [-0.39, 0.29) is 24.1 Å². The van der Waals surface area contributed by atoms with Crippen molar-refractivity contribution in [3.8, 4) is 0 Å². The van der Waals surface area contributed by atoms with Crippen molar-refractivity contribution in [2.45, 2.75) is 52.3 Å². The summed E-state index contributed by atoms with van der Waals surface area (Å²) in [5.41, 5.74) is 5.72. The molecule has 1 atom stereocenters. The van der Waals surface area contributed by atoms with Crippen LogP contribution in [0.2, 0.25) is 0 Å². The van der Waals surface area contributed by atoms with Crippen LogP contribution in [0.4, 0.5) is 0 Å². The van der Waals surface area contributed by atoms with E-state index in [1.54, 1.807) is 0 Å². The maximum absolute atomic E-state index is 11.7. The molecular weight excluding hydrogens is 230 g/mol. The summed E-state index contributed by atoms with van der Waals surface area (Å²) in [5, 5.41) is 2.88. The molecule has 0 heterocycles. The van der Waals surface area contributed by atoms with Crippen LogP contribution in [-0.4, -0.2) is 55.7 Å². The molecule has 0 aromatic rings. The van der Waals surface area contributed by atoms with Crippen LogP contribution in [-0.2, 0) is 9.53 Å². The Labute approximate surface area is 111 Å². The van der Waals surface area contributed by atoms with Gasteiger partial charge in [0.15, 0.2) is 0 Å². The van der Waals surface area contributed by atoms with Gasteiger partial charge in [-0.25, -0.2) is 0 Å². The summed E-state index contributed by atoms with van der Waals surface area (Å²) in [6.07, 6.45) is 0.673. The molecule has 0 aliphatic rings. The summed E-state index contributed by atoms with van der Waals surface area (Å²) in [4.78, 5) is 13.8. The van der Waals surface area contributed by atoms with E-state index in [1.165, 1.54) is 0 Å². The Hall–Kier alpha value is -0.650. The molecule has 3 N–H and O–H groups in total. The Balaban J connectivity index is 4.02. The molecule has 1 amide bonds. The molecule has 0 aromatic heterocycles. The maximum atomic E-state index is 11.7. The second-order valence-electron chi connectivity index (χ2n) is 5.22. The van der Waals surface area contributed by atoms with Gasteiger partial charge in [-0.1, -0.05) is 0 Å². The van der Waals surface area contributed by atoms with Crippen LogP contribution in [0.3, 0.4) is 0 Å². The molecule has 0 aromatic carbocycles. The molecule has 0 fully saturated rings. The van der Waals surface area contributed by atoms with Gasteiger partial charge in [0.2, 0.25) is 5.91 Å². The van der Waals surface area contributed by atoms with Gasteiger partial charge in [-0.3, -0.25) is 9.69 Å². The number of likely N-dealkylation sites (N-methyl/N-ethyl adjacent to an activating group) is 1. The summed E-state index contributed by atoms with van der Waals surface area (Å²) in [6, 6.07) is 0.241. The fourth-order valence-corrected chi connectivity index (χ4v) is 1.63. The van der Waals surface area contributed by atoms with E-state index in [1.807, 2.05) is 34.7 Å². The monoisotopic (exact) mass is 259 g/mol. The van der Waals surface area contributed by atoms with Crippen molar-refractivity contribution in [3.63, 3.8) is 0 Å². The SMILES string of the molecule is CC(C)NC(=O)CC(CN)N(C)CCOC(C)C. The predicted molar refractivity (Wildman–Crippen MR) is 74.5 cm³/mol. The first-order valence-corrected chi connectivity index (χ1v) is 6.68. The zero-order valence-corrected chi connectivity index (χ0v) is 12.4. The second kappa shape index (κ2) is 9.30. The summed E-state index contributed by atoms with van der Waals surface area (Å²) in [6.45, 7) is 9.85. The lowest BCUT2D eigenvalue weighted by Gasteiger charge is -2.27. The lowest BCUT2D eigenvalue weighted by molar-refractivity contribution is -0.122. The highest BCUT2D eigenvalue weighted by Crippen LogP contribution is 2.01. The Morgan fingerprint density at radius 1 is 1.33 bits per heavy atom. The van der Waals surface area contributed by atoms with Gasteiger partial charge in [-0.05, 0) is 34.7 Å². The maximum Gasteiger partial charge on any atom is 0.221 e. The van der Waals surface area contributed by atoms with E-state index in [0.29, 0.717) is 19.6 Å². The van der Waals surface area contributed by atoms with E-state index >= 15 is 0 Å². The molecule has 108 valence electrons. The lowest BCUT2D eigenvalue weighted by Crippen LogP contribution is -2.44. The molecule has 0 rings (SSSR count). The van der Waals surface area contributed by atoms with Gasteiger partial charge in [-0.15, -0.1) is 0 Å². The first-order chi connectivity index (χ1) is 8.36. The number of rotatable bonds is 9. The average molecular weight is 259 g/mol. The minimum absolute atomic E-state index is 0.0528. The van der Waals surface area contributed by atoms with Crippen molar-refractivity contribution < 1.29 is 9.53 Å². The number of hydrogen-bond acceptors (Lipinski definition) is 4. The lowest BCUT2D eigenvalue weighted by atomic mass is 10.1. The number of carbonyl (C=O) groups excluding carboxylic acids is 1. The quantitative estimate of drug-likeness (QED) is 0.636. The number of hydrogen-bond donors (Lipinski definition) is 2. The van der Waals surface area contributed by atoms with Crippen LogP contribution in [0.15, 0.2) is 0 Å². The third kappa shape index (κ3) is 8.44. The fraction of sp³-hybridized carbons (Fsp3) is 0.923. The summed E-state index contributed by atoms with van der Waals surface area (Å²) in [7, 11) is 1.98. The van der Waals surface area contributed by atoms with Gasteiger partial charge in [-0.2, -0.15) is 0 Å². The molecule has 0 saturated heterocycles. The second-order valence-corrected chi connectivity index (χ2v) is 5.22. The summed E-state index contributed by atoms with van der Waals surface area (Å²) >= 11 is 0. The van der Waals surface area contributed by atoms with Crippen molar-refractivity contribution in [2.75, 3.05) is 26.7 Å². The van der Waals surface area contributed by atoms with Crippen LogP contribution in [0, 0.1) is 0 Å². The minimum atomic E-state index is 0.0528. The third-order valence-electron chi connectivity index (χ3n) is 2.66. The number of amides is 1. The molecule has 0 spiro atoms. The van der Waals surface area contributed by atoms with Crippen molar-refractivity contribution in [1.29, 1.82) is 0 Å². The van der Waals surface area contributed by atoms with E-state index in [9.17, 15) is 4.79 Å². The highest BCUT2D eigenvalue weighted by Gasteiger charge is 2.17. The summed E-state index contributed by atoms with van der Waals surface area (Å²) < 4.78 is 5.49. The van der Waals surface area contributed by atoms with Crippen molar-refractivity contribution in [3.05, 3.63) is 0 Å². The standard InChI is InChI=1S/C13H29N3O2/c1-10(2)15-13(17)8-12(9-14)16(5)6-7-18-11(3)4/h10-12H,6-9,14H2,1-5H3,(H,15,17). The van der Waals surface area contributed by atoms with Gasteiger partial charge in [0.25, 0.3) is 0 Å². The molecule has 0 aliphatic carbocycles. The predicted octanol–water partition coefficient (Wildman–Crippen LogP) is 0.585. The summed E-state index contributed by atoms with van der Waals surface area (Å²) in [5.74, 6) is 0.0528.